The van der Waals surface area contributed by atoms with E-state index < -0.39 is 37.2 Å². The van der Waals surface area contributed by atoms with Crippen LogP contribution in [-0.2, 0) is 31.0 Å². The van der Waals surface area contributed by atoms with Crippen LogP contribution in [0.1, 0.15) is 12.2 Å². The predicted octanol–water partition coefficient (Wildman–Crippen LogP) is 3.83. The van der Waals surface area contributed by atoms with Crippen LogP contribution >= 0.6 is 11.3 Å². The van der Waals surface area contributed by atoms with Crippen LogP contribution in [0.25, 0.3) is 10.2 Å². The first-order valence-corrected chi connectivity index (χ1v) is 14.3. The third-order valence-corrected chi connectivity index (χ3v) is 8.84. The van der Waals surface area contributed by atoms with Gasteiger partial charge in [0.2, 0.25) is 5.91 Å². The average Bonchev–Trinajstić information content (AvgIpc) is 3.44. The van der Waals surface area contributed by atoms with Gasteiger partial charge in [0, 0.05) is 12.7 Å². The fourth-order valence-electron chi connectivity index (χ4n) is 3.18. The van der Waals surface area contributed by atoms with Gasteiger partial charge in [-0.15, -0.1) is 0 Å². The molecule has 0 saturated carbocycles. The molecule has 2 heterocycles. The van der Waals surface area contributed by atoms with Crippen LogP contribution in [0.3, 0.4) is 0 Å². The third-order valence-electron chi connectivity index (χ3n) is 4.96. The highest BCUT2D eigenvalue weighted by atomic mass is 32.2. The van der Waals surface area contributed by atoms with E-state index in [1.54, 1.807) is 18.2 Å². The van der Waals surface area contributed by atoms with E-state index in [4.69, 9.17) is 4.42 Å². The normalized spacial score (nSPS) is 12.2. The van der Waals surface area contributed by atoms with Crippen LogP contribution in [-0.4, -0.2) is 39.7 Å². The number of hydrogen-bond donors (Lipinski definition) is 0. The van der Waals surface area contributed by atoms with Crippen molar-refractivity contribution in [2.24, 2.45) is 0 Å². The lowest BCUT2D eigenvalue weighted by Crippen LogP contribution is -2.31. The second-order valence-electron chi connectivity index (χ2n) is 7.48. The molecule has 4 rings (SSSR count). The van der Waals surface area contributed by atoms with Crippen molar-refractivity contribution < 1.29 is 30.4 Å². The molecule has 0 unspecified atom stereocenters. The number of aromatic nitrogens is 1. The molecule has 0 bridgehead atoms. The van der Waals surface area contributed by atoms with Gasteiger partial charge in [-0.25, -0.2) is 26.2 Å². The number of furan rings is 1. The van der Waals surface area contributed by atoms with Crippen LogP contribution in [0.15, 0.2) is 75.1 Å². The maximum absolute atomic E-state index is 13.1. The van der Waals surface area contributed by atoms with E-state index >= 15 is 0 Å². The number of rotatable bonds is 8. The maximum Gasteiger partial charge on any atom is 0.230 e. The van der Waals surface area contributed by atoms with E-state index in [-0.39, 0.29) is 27.9 Å². The number of halogens is 1. The number of nitrogens with zero attached hydrogens (tertiary/aromatic N) is 2. The molecule has 8 nitrogen and oxygen atoms in total. The van der Waals surface area contributed by atoms with Gasteiger partial charge in [-0.05, 0) is 54.6 Å². The van der Waals surface area contributed by atoms with Gasteiger partial charge >= 0.3 is 0 Å². The number of carbonyl (C=O) groups excluding carboxylic acids is 1. The maximum atomic E-state index is 13.1. The molecule has 2 aromatic carbocycles. The molecule has 0 N–H and O–H groups in total. The van der Waals surface area contributed by atoms with E-state index in [2.05, 4.69) is 4.98 Å². The fourth-order valence-corrected chi connectivity index (χ4v) is 6.15. The Kier molecular flexibility index (Phi) is 6.56. The summed E-state index contributed by atoms with van der Waals surface area (Å²) in [5.41, 5.74) is 0.503. The van der Waals surface area contributed by atoms with Crippen molar-refractivity contribution in [2.45, 2.75) is 22.8 Å². The number of anilines is 1. The number of sulfone groups is 2. The Morgan fingerprint density at radius 2 is 1.76 bits per heavy atom. The van der Waals surface area contributed by atoms with Crippen LogP contribution in [0, 0.1) is 5.82 Å². The molecule has 178 valence electrons. The largest absolute Gasteiger partial charge is 0.467 e. The fraction of sp³-hybridized carbons (Fsp3) is 0.182. The highest BCUT2D eigenvalue weighted by molar-refractivity contribution is 7.91. The molecule has 12 heteroatoms. The topological polar surface area (TPSA) is 115 Å². The van der Waals surface area contributed by atoms with E-state index in [0.717, 1.165) is 41.9 Å². The molecule has 4 aromatic rings. The van der Waals surface area contributed by atoms with Gasteiger partial charge in [-0.1, -0.05) is 11.3 Å². The summed E-state index contributed by atoms with van der Waals surface area (Å²) in [4.78, 5) is 18.9. The SMILES string of the molecule is CS(=O)(=O)c1ccc2nc(N(Cc3ccco3)C(=O)CCS(=O)(=O)c3ccc(F)cc3)sc2c1. The Hall–Kier alpha value is -3.09. The molecule has 0 saturated heterocycles. The minimum absolute atomic E-state index is 0.0151. The second kappa shape index (κ2) is 9.28. The van der Waals surface area contributed by atoms with Crippen molar-refractivity contribution >= 4 is 52.3 Å². The number of benzene rings is 2. The van der Waals surface area contributed by atoms with Gasteiger partial charge in [0.15, 0.2) is 24.8 Å². The first-order valence-electron chi connectivity index (χ1n) is 9.95. The molecule has 0 spiro atoms. The molecule has 0 atom stereocenters. The van der Waals surface area contributed by atoms with Crippen LogP contribution < -0.4 is 4.90 Å². The Bertz CT molecular complexity index is 1540. The molecule has 0 aliphatic heterocycles. The molecule has 0 aliphatic rings. The van der Waals surface area contributed by atoms with Gasteiger partial charge in [-0.3, -0.25) is 9.69 Å². The van der Waals surface area contributed by atoms with Gasteiger partial charge < -0.3 is 4.42 Å². The van der Waals surface area contributed by atoms with Crippen molar-refractivity contribution in [3.63, 3.8) is 0 Å². The minimum Gasteiger partial charge on any atom is -0.467 e. The van der Waals surface area contributed by atoms with Crippen molar-refractivity contribution in [3.8, 4) is 0 Å². The van der Waals surface area contributed by atoms with Crippen molar-refractivity contribution in [1.82, 2.24) is 4.98 Å². The van der Waals surface area contributed by atoms with Crippen LogP contribution in [0.2, 0.25) is 0 Å². The average molecular weight is 523 g/mol. The zero-order chi connectivity index (χ0) is 24.5. The zero-order valence-corrected chi connectivity index (χ0v) is 20.3. The Morgan fingerprint density at radius 3 is 2.41 bits per heavy atom. The lowest BCUT2D eigenvalue weighted by Gasteiger charge is -2.18. The summed E-state index contributed by atoms with van der Waals surface area (Å²) in [6.07, 6.45) is 2.21. The summed E-state index contributed by atoms with van der Waals surface area (Å²) in [5, 5.41) is 0.279. The number of hydrogen-bond acceptors (Lipinski definition) is 8. The van der Waals surface area contributed by atoms with Crippen molar-refractivity contribution in [2.75, 3.05) is 16.9 Å². The lowest BCUT2D eigenvalue weighted by molar-refractivity contribution is -0.118. The second-order valence-corrected chi connectivity index (χ2v) is 12.6. The van der Waals surface area contributed by atoms with Gasteiger partial charge in [0.1, 0.15) is 11.6 Å². The molecule has 0 aliphatic carbocycles. The van der Waals surface area contributed by atoms with E-state index in [9.17, 15) is 26.0 Å². The summed E-state index contributed by atoms with van der Waals surface area (Å²) in [6, 6.07) is 12.2. The summed E-state index contributed by atoms with van der Waals surface area (Å²) < 4.78 is 68.0. The molecular formula is C22H19FN2O6S3. The third kappa shape index (κ3) is 5.34. The highest BCUT2D eigenvalue weighted by Gasteiger charge is 2.24. The standard InChI is InChI=1S/C22H19FN2O6S3/c1-33(27,28)18-8-9-19-20(13-18)32-22(24-19)25(14-16-3-2-11-31-16)21(26)10-12-34(29,30)17-6-4-15(23)5-7-17/h2-9,11,13H,10,12,14H2,1H3. The Labute approximate surface area is 199 Å². The molecule has 2 aromatic heterocycles. The molecule has 0 radical (unpaired) electrons. The summed E-state index contributed by atoms with van der Waals surface area (Å²) in [7, 11) is -7.24. The quantitative estimate of drug-likeness (QED) is 0.323. The highest BCUT2D eigenvalue weighted by Crippen LogP contribution is 2.32. The van der Waals surface area contributed by atoms with Crippen LogP contribution in [0.4, 0.5) is 9.52 Å². The first-order chi connectivity index (χ1) is 16.0. The minimum atomic E-state index is -3.82. The number of thiazole rings is 1. The summed E-state index contributed by atoms with van der Waals surface area (Å²) >= 11 is 1.11. The Balaban J connectivity index is 1.62. The first kappa shape index (κ1) is 24.0. The lowest BCUT2D eigenvalue weighted by atomic mass is 10.3. The molecular weight excluding hydrogens is 503 g/mol. The van der Waals surface area contributed by atoms with E-state index in [0.29, 0.717) is 16.0 Å². The van der Waals surface area contributed by atoms with Gasteiger partial charge in [0.25, 0.3) is 0 Å². The van der Waals surface area contributed by atoms with Crippen molar-refractivity contribution in [1.29, 1.82) is 0 Å². The Morgan fingerprint density at radius 1 is 1.06 bits per heavy atom. The number of carbonyl (C=O) groups is 1. The van der Waals surface area contributed by atoms with Gasteiger partial charge in [-0.2, -0.15) is 0 Å². The smallest absolute Gasteiger partial charge is 0.230 e. The molecule has 1 amide bonds. The molecule has 0 fully saturated rings. The summed E-state index contributed by atoms with van der Waals surface area (Å²) in [5.74, 6) is -1.08. The van der Waals surface area contributed by atoms with Crippen molar-refractivity contribution in [3.05, 3.63) is 72.4 Å². The summed E-state index contributed by atoms with van der Waals surface area (Å²) in [6.45, 7) is 0.0151. The molecule has 34 heavy (non-hydrogen) atoms. The van der Waals surface area contributed by atoms with E-state index in [1.807, 2.05) is 0 Å². The monoisotopic (exact) mass is 522 g/mol. The van der Waals surface area contributed by atoms with Crippen LogP contribution in [0.5, 0.6) is 0 Å². The van der Waals surface area contributed by atoms with E-state index in [1.165, 1.54) is 23.3 Å². The number of amides is 1. The predicted molar refractivity (Wildman–Crippen MR) is 126 cm³/mol. The number of fused-ring (bicyclic) bond motifs is 1. The zero-order valence-electron chi connectivity index (χ0n) is 17.8. The van der Waals surface area contributed by atoms with Gasteiger partial charge in [0.05, 0.1) is 38.6 Å².